The lowest BCUT2D eigenvalue weighted by Crippen LogP contribution is -2.48. The Bertz CT molecular complexity index is 431. The fraction of sp³-hybridized carbons (Fsp3) is 0.647. The van der Waals surface area contributed by atoms with E-state index in [2.05, 4.69) is 12.2 Å². The number of nitrogens with one attached hydrogen (secondary N) is 1. The Morgan fingerprint density at radius 1 is 1.25 bits per heavy atom. The van der Waals surface area contributed by atoms with Crippen molar-refractivity contribution in [1.82, 2.24) is 5.32 Å². The Balaban J connectivity index is 1.61. The van der Waals surface area contributed by atoms with Crippen molar-refractivity contribution in [3.05, 3.63) is 24.3 Å². The van der Waals surface area contributed by atoms with E-state index in [1.165, 1.54) is 25.7 Å². The van der Waals surface area contributed by atoms with Crippen molar-refractivity contribution in [2.45, 2.75) is 51.2 Å². The summed E-state index contributed by atoms with van der Waals surface area (Å²) in [5.74, 6) is 2.73. The first-order valence-corrected chi connectivity index (χ1v) is 7.98. The van der Waals surface area contributed by atoms with Crippen LogP contribution in [0.5, 0.6) is 11.5 Å². The molecule has 2 atom stereocenters. The third-order valence-corrected chi connectivity index (χ3v) is 4.22. The maximum absolute atomic E-state index is 6.16. The van der Waals surface area contributed by atoms with Crippen LogP contribution >= 0.6 is 0 Å². The SMILES string of the molecule is CCCNC(CCC1CC1)C1COc2ccccc2O1. The van der Waals surface area contributed by atoms with Crippen LogP contribution in [0.25, 0.3) is 0 Å². The zero-order valence-electron chi connectivity index (χ0n) is 12.3. The van der Waals surface area contributed by atoms with Crippen LogP contribution in [0, 0.1) is 5.92 Å². The molecule has 0 amide bonds. The molecule has 20 heavy (non-hydrogen) atoms. The van der Waals surface area contributed by atoms with Gasteiger partial charge >= 0.3 is 0 Å². The van der Waals surface area contributed by atoms with Crippen molar-refractivity contribution in [2.24, 2.45) is 5.92 Å². The normalized spacial score (nSPS) is 22.6. The van der Waals surface area contributed by atoms with Crippen molar-refractivity contribution in [3.63, 3.8) is 0 Å². The molecule has 2 unspecified atom stereocenters. The van der Waals surface area contributed by atoms with E-state index in [-0.39, 0.29) is 6.10 Å². The highest BCUT2D eigenvalue weighted by molar-refractivity contribution is 5.40. The fourth-order valence-corrected chi connectivity index (χ4v) is 2.80. The van der Waals surface area contributed by atoms with E-state index >= 15 is 0 Å². The molecule has 0 spiro atoms. The standard InChI is InChI=1S/C17H25NO2/c1-2-11-18-14(10-9-13-7-8-13)17-12-19-15-5-3-4-6-16(15)20-17/h3-6,13-14,17-18H,2,7-12H2,1H3. The minimum Gasteiger partial charge on any atom is -0.486 e. The second-order valence-electron chi connectivity index (χ2n) is 6.00. The van der Waals surface area contributed by atoms with Gasteiger partial charge in [-0.05, 0) is 43.9 Å². The third kappa shape index (κ3) is 3.45. The summed E-state index contributed by atoms with van der Waals surface area (Å²) in [6, 6.07) is 8.37. The molecule has 3 nitrogen and oxygen atoms in total. The molecule has 1 aromatic carbocycles. The van der Waals surface area contributed by atoms with Gasteiger partial charge < -0.3 is 14.8 Å². The maximum Gasteiger partial charge on any atom is 0.161 e. The summed E-state index contributed by atoms with van der Waals surface area (Å²) in [6.45, 7) is 3.92. The molecule has 1 aliphatic heterocycles. The number of benzene rings is 1. The van der Waals surface area contributed by atoms with Crippen LogP contribution in [0.2, 0.25) is 0 Å². The molecule has 0 radical (unpaired) electrons. The molecule has 1 fully saturated rings. The molecule has 110 valence electrons. The molecule has 3 rings (SSSR count). The summed E-state index contributed by atoms with van der Waals surface area (Å²) in [7, 11) is 0. The lowest BCUT2D eigenvalue weighted by atomic mass is 10.0. The Kier molecular flexibility index (Phi) is 4.46. The lowest BCUT2D eigenvalue weighted by Gasteiger charge is -2.33. The van der Waals surface area contributed by atoms with Gasteiger partial charge in [0, 0.05) is 6.04 Å². The summed E-state index contributed by atoms with van der Waals surface area (Å²) in [5.41, 5.74) is 0. The fourth-order valence-electron chi connectivity index (χ4n) is 2.80. The van der Waals surface area contributed by atoms with E-state index in [4.69, 9.17) is 9.47 Å². The minimum absolute atomic E-state index is 0.134. The highest BCUT2D eigenvalue weighted by atomic mass is 16.6. The minimum atomic E-state index is 0.134. The number of hydrogen-bond acceptors (Lipinski definition) is 3. The highest BCUT2D eigenvalue weighted by Gasteiger charge is 2.30. The van der Waals surface area contributed by atoms with Gasteiger partial charge in [-0.25, -0.2) is 0 Å². The largest absolute Gasteiger partial charge is 0.486 e. The second kappa shape index (κ2) is 6.49. The van der Waals surface area contributed by atoms with E-state index in [9.17, 15) is 0 Å². The van der Waals surface area contributed by atoms with Crippen LogP contribution in [-0.2, 0) is 0 Å². The van der Waals surface area contributed by atoms with Gasteiger partial charge in [0.1, 0.15) is 12.7 Å². The molecular formula is C17H25NO2. The van der Waals surface area contributed by atoms with Gasteiger partial charge in [0.15, 0.2) is 11.5 Å². The number of hydrogen-bond donors (Lipinski definition) is 1. The number of para-hydroxylation sites is 2. The van der Waals surface area contributed by atoms with Crippen LogP contribution in [0.1, 0.15) is 39.0 Å². The van der Waals surface area contributed by atoms with Crippen LogP contribution in [0.15, 0.2) is 24.3 Å². The number of rotatable bonds is 7. The maximum atomic E-state index is 6.16. The van der Waals surface area contributed by atoms with E-state index in [0.717, 1.165) is 30.4 Å². The van der Waals surface area contributed by atoms with E-state index in [1.807, 2.05) is 24.3 Å². The van der Waals surface area contributed by atoms with E-state index < -0.39 is 0 Å². The first-order valence-electron chi connectivity index (χ1n) is 7.98. The van der Waals surface area contributed by atoms with Gasteiger partial charge in [-0.15, -0.1) is 0 Å². The van der Waals surface area contributed by atoms with Gasteiger partial charge in [0.2, 0.25) is 0 Å². The van der Waals surface area contributed by atoms with Gasteiger partial charge in [0.05, 0.1) is 0 Å². The first-order chi connectivity index (χ1) is 9.86. The molecule has 2 aliphatic rings. The van der Waals surface area contributed by atoms with Crippen molar-refractivity contribution in [2.75, 3.05) is 13.2 Å². The monoisotopic (exact) mass is 275 g/mol. The summed E-state index contributed by atoms with van der Waals surface area (Å²) in [5, 5.41) is 3.65. The van der Waals surface area contributed by atoms with Gasteiger partial charge in [0.25, 0.3) is 0 Å². The van der Waals surface area contributed by atoms with Crippen LogP contribution in [-0.4, -0.2) is 25.3 Å². The highest BCUT2D eigenvalue weighted by Crippen LogP contribution is 2.36. The Morgan fingerprint density at radius 3 is 2.80 bits per heavy atom. The van der Waals surface area contributed by atoms with E-state index in [1.54, 1.807) is 0 Å². The molecule has 0 bridgehead atoms. The zero-order valence-corrected chi connectivity index (χ0v) is 12.3. The molecule has 1 heterocycles. The summed E-state index contributed by atoms with van der Waals surface area (Å²) >= 11 is 0. The lowest BCUT2D eigenvalue weighted by molar-refractivity contribution is 0.0585. The molecule has 1 aromatic rings. The average molecular weight is 275 g/mol. The van der Waals surface area contributed by atoms with Gasteiger partial charge in [-0.3, -0.25) is 0 Å². The zero-order chi connectivity index (χ0) is 13.8. The third-order valence-electron chi connectivity index (χ3n) is 4.22. The molecule has 3 heteroatoms. The van der Waals surface area contributed by atoms with Crippen LogP contribution < -0.4 is 14.8 Å². The molecule has 1 aliphatic carbocycles. The average Bonchev–Trinajstić information content (AvgIpc) is 3.31. The quantitative estimate of drug-likeness (QED) is 0.827. The Morgan fingerprint density at radius 2 is 2.05 bits per heavy atom. The molecule has 0 saturated heterocycles. The van der Waals surface area contributed by atoms with Gasteiger partial charge in [-0.2, -0.15) is 0 Å². The Hall–Kier alpha value is -1.22. The van der Waals surface area contributed by atoms with E-state index in [0.29, 0.717) is 12.6 Å². The molecular weight excluding hydrogens is 250 g/mol. The number of ether oxygens (including phenoxy) is 2. The summed E-state index contributed by atoms with van der Waals surface area (Å²) < 4.78 is 12.0. The van der Waals surface area contributed by atoms with Crippen molar-refractivity contribution >= 4 is 0 Å². The van der Waals surface area contributed by atoms with Gasteiger partial charge in [-0.1, -0.05) is 31.9 Å². The molecule has 0 aromatic heterocycles. The van der Waals surface area contributed by atoms with Crippen LogP contribution in [0.4, 0.5) is 0 Å². The molecule has 1 N–H and O–H groups in total. The van der Waals surface area contributed by atoms with Crippen molar-refractivity contribution < 1.29 is 9.47 Å². The molecule has 1 saturated carbocycles. The van der Waals surface area contributed by atoms with Crippen molar-refractivity contribution in [3.8, 4) is 11.5 Å². The van der Waals surface area contributed by atoms with Crippen molar-refractivity contribution in [1.29, 1.82) is 0 Å². The predicted octanol–water partition coefficient (Wildman–Crippen LogP) is 3.38. The number of fused-ring (bicyclic) bond motifs is 1. The second-order valence-corrected chi connectivity index (χ2v) is 6.00. The Labute approximate surface area is 121 Å². The topological polar surface area (TPSA) is 30.5 Å². The predicted molar refractivity (Wildman–Crippen MR) is 80.4 cm³/mol. The van der Waals surface area contributed by atoms with Crippen LogP contribution in [0.3, 0.4) is 0 Å². The smallest absolute Gasteiger partial charge is 0.161 e. The summed E-state index contributed by atoms with van der Waals surface area (Å²) in [6.07, 6.45) is 6.65. The summed E-state index contributed by atoms with van der Waals surface area (Å²) in [4.78, 5) is 0. The first kappa shape index (κ1) is 13.7.